The number of aromatic nitrogens is 2. The Hall–Kier alpha value is -2.30. The van der Waals surface area contributed by atoms with Crippen LogP contribution in [-0.2, 0) is 11.3 Å². The van der Waals surface area contributed by atoms with Crippen LogP contribution in [0.3, 0.4) is 0 Å². The van der Waals surface area contributed by atoms with Gasteiger partial charge in [0.15, 0.2) is 0 Å². The zero-order valence-electron chi connectivity index (χ0n) is 11.9. The molecule has 1 amide bonds. The topological polar surface area (TPSA) is 58.2 Å². The predicted octanol–water partition coefficient (Wildman–Crippen LogP) is 2.93. The number of amides is 1. The van der Waals surface area contributed by atoms with Crippen LogP contribution in [0.4, 0.5) is 4.79 Å². The Kier molecular flexibility index (Phi) is 4.19. The molecule has 0 aliphatic carbocycles. The first-order chi connectivity index (χ1) is 10.3. The number of carbonyl (C=O) groups excluding carboxylic acids is 1. The molecular formula is C16H19N3O2. The second-order valence-electron chi connectivity index (χ2n) is 5.34. The summed E-state index contributed by atoms with van der Waals surface area (Å²) in [5, 5.41) is 6.98. The van der Waals surface area contributed by atoms with Gasteiger partial charge >= 0.3 is 6.09 Å². The van der Waals surface area contributed by atoms with Crippen LogP contribution in [0.25, 0.3) is 0 Å². The van der Waals surface area contributed by atoms with E-state index in [2.05, 4.69) is 10.2 Å². The lowest BCUT2D eigenvalue weighted by Gasteiger charge is -2.31. The maximum atomic E-state index is 12.2. The summed E-state index contributed by atoms with van der Waals surface area (Å²) in [6.45, 7) is 1.78. The van der Waals surface area contributed by atoms with Gasteiger partial charge in [0, 0.05) is 30.9 Å². The molecule has 1 aromatic carbocycles. The largest absolute Gasteiger partial charge is 0.445 e. The number of nitrogens with one attached hydrogen (secondary N) is 1. The molecule has 1 aliphatic rings. The van der Waals surface area contributed by atoms with Crippen LogP contribution in [0.1, 0.15) is 30.0 Å². The van der Waals surface area contributed by atoms with Crippen LogP contribution >= 0.6 is 0 Å². The Balaban J connectivity index is 1.55. The van der Waals surface area contributed by atoms with Crippen molar-refractivity contribution in [2.75, 3.05) is 13.1 Å². The van der Waals surface area contributed by atoms with Crippen LogP contribution in [0, 0.1) is 0 Å². The van der Waals surface area contributed by atoms with Crippen molar-refractivity contribution in [1.29, 1.82) is 0 Å². The summed E-state index contributed by atoms with van der Waals surface area (Å²) in [4.78, 5) is 14.0. The van der Waals surface area contributed by atoms with E-state index in [1.807, 2.05) is 36.4 Å². The van der Waals surface area contributed by atoms with Crippen LogP contribution in [0.5, 0.6) is 0 Å². The number of H-pyrrole nitrogens is 1. The van der Waals surface area contributed by atoms with Crippen LogP contribution in [0.15, 0.2) is 42.6 Å². The zero-order valence-corrected chi connectivity index (χ0v) is 11.9. The van der Waals surface area contributed by atoms with Gasteiger partial charge < -0.3 is 9.64 Å². The Morgan fingerprint density at radius 3 is 2.95 bits per heavy atom. The van der Waals surface area contributed by atoms with Gasteiger partial charge in [0.2, 0.25) is 0 Å². The molecule has 0 bridgehead atoms. The highest BCUT2D eigenvalue weighted by Gasteiger charge is 2.26. The standard InChI is InChI=1S/C16H19N3O2/c20-16(21-12-13-5-2-1-3-6-13)19-10-4-7-14(11-19)15-8-9-17-18-15/h1-3,5-6,8-9,14H,4,7,10-12H2,(H,17,18)/t14-/m0/s1. The fourth-order valence-electron chi connectivity index (χ4n) is 2.70. The number of rotatable bonds is 3. The van der Waals surface area contributed by atoms with Gasteiger partial charge in [-0.05, 0) is 24.5 Å². The molecule has 1 saturated heterocycles. The highest BCUT2D eigenvalue weighted by molar-refractivity contribution is 5.67. The van der Waals surface area contributed by atoms with Gasteiger partial charge in [0.1, 0.15) is 6.61 Å². The molecule has 0 unspecified atom stereocenters. The first-order valence-corrected chi connectivity index (χ1v) is 7.28. The second-order valence-corrected chi connectivity index (χ2v) is 5.34. The number of hydrogen-bond donors (Lipinski definition) is 1. The summed E-state index contributed by atoms with van der Waals surface area (Å²) < 4.78 is 5.39. The van der Waals surface area contributed by atoms with E-state index in [-0.39, 0.29) is 6.09 Å². The summed E-state index contributed by atoms with van der Waals surface area (Å²) in [6.07, 6.45) is 3.58. The van der Waals surface area contributed by atoms with Crippen LogP contribution in [-0.4, -0.2) is 34.3 Å². The van der Waals surface area contributed by atoms with Crippen molar-refractivity contribution in [3.63, 3.8) is 0 Å². The van der Waals surface area contributed by atoms with Gasteiger partial charge in [-0.1, -0.05) is 30.3 Å². The molecule has 1 N–H and O–H groups in total. The van der Waals surface area contributed by atoms with E-state index in [0.29, 0.717) is 19.1 Å². The predicted molar refractivity (Wildman–Crippen MR) is 78.8 cm³/mol. The van der Waals surface area contributed by atoms with Crippen molar-refractivity contribution in [3.8, 4) is 0 Å². The minimum Gasteiger partial charge on any atom is -0.445 e. The van der Waals surface area contributed by atoms with E-state index in [4.69, 9.17) is 4.74 Å². The highest BCUT2D eigenvalue weighted by Crippen LogP contribution is 2.25. The third-order valence-electron chi connectivity index (χ3n) is 3.85. The maximum absolute atomic E-state index is 12.2. The highest BCUT2D eigenvalue weighted by atomic mass is 16.6. The minimum absolute atomic E-state index is 0.233. The monoisotopic (exact) mass is 285 g/mol. The number of ether oxygens (including phenoxy) is 1. The minimum atomic E-state index is -0.233. The number of aromatic amines is 1. The normalized spacial score (nSPS) is 18.5. The number of hydrogen-bond acceptors (Lipinski definition) is 3. The second kappa shape index (κ2) is 6.43. The van der Waals surface area contributed by atoms with Crippen molar-refractivity contribution in [2.45, 2.75) is 25.4 Å². The Morgan fingerprint density at radius 1 is 1.33 bits per heavy atom. The average Bonchev–Trinajstić information content (AvgIpc) is 3.08. The summed E-state index contributed by atoms with van der Waals surface area (Å²) in [5.74, 6) is 0.325. The molecule has 3 rings (SSSR count). The van der Waals surface area contributed by atoms with Crippen molar-refractivity contribution in [2.24, 2.45) is 0 Å². The SMILES string of the molecule is O=C(OCc1ccccc1)N1CCC[C@H](c2ccn[nH]2)C1. The molecule has 2 aromatic rings. The Bertz CT molecular complexity index is 568. The summed E-state index contributed by atoms with van der Waals surface area (Å²) >= 11 is 0. The molecule has 1 aliphatic heterocycles. The van der Waals surface area contributed by atoms with Crippen LogP contribution < -0.4 is 0 Å². The van der Waals surface area contributed by atoms with Gasteiger partial charge in [-0.3, -0.25) is 5.10 Å². The lowest BCUT2D eigenvalue weighted by molar-refractivity contribution is 0.0856. The van der Waals surface area contributed by atoms with E-state index in [1.54, 1.807) is 11.1 Å². The number of nitrogens with zero attached hydrogens (tertiary/aromatic N) is 2. The molecule has 5 heteroatoms. The lowest BCUT2D eigenvalue weighted by Crippen LogP contribution is -2.39. The third kappa shape index (κ3) is 3.42. The molecular weight excluding hydrogens is 266 g/mol. The first-order valence-electron chi connectivity index (χ1n) is 7.28. The van der Waals surface area contributed by atoms with Gasteiger partial charge in [-0.2, -0.15) is 5.10 Å². The van der Waals surface area contributed by atoms with Crippen molar-refractivity contribution in [1.82, 2.24) is 15.1 Å². The molecule has 0 spiro atoms. The third-order valence-corrected chi connectivity index (χ3v) is 3.85. The molecule has 0 radical (unpaired) electrons. The van der Waals surface area contributed by atoms with Gasteiger partial charge in [-0.15, -0.1) is 0 Å². The zero-order chi connectivity index (χ0) is 14.5. The van der Waals surface area contributed by atoms with Crippen molar-refractivity contribution < 1.29 is 9.53 Å². The summed E-state index contributed by atoms with van der Waals surface area (Å²) in [7, 11) is 0. The van der Waals surface area contributed by atoms with E-state index in [0.717, 1.165) is 30.6 Å². The summed E-state index contributed by atoms with van der Waals surface area (Å²) in [6, 6.07) is 11.7. The smallest absolute Gasteiger partial charge is 0.410 e. The molecule has 2 heterocycles. The molecule has 1 aromatic heterocycles. The van der Waals surface area contributed by atoms with Gasteiger partial charge in [0.05, 0.1) is 0 Å². The van der Waals surface area contributed by atoms with E-state index >= 15 is 0 Å². The van der Waals surface area contributed by atoms with Crippen LogP contribution in [0.2, 0.25) is 0 Å². The van der Waals surface area contributed by atoms with Gasteiger partial charge in [-0.25, -0.2) is 4.79 Å². The molecule has 5 nitrogen and oxygen atoms in total. The van der Waals surface area contributed by atoms with E-state index in [9.17, 15) is 4.79 Å². The fraction of sp³-hybridized carbons (Fsp3) is 0.375. The summed E-state index contributed by atoms with van der Waals surface area (Å²) in [5.41, 5.74) is 2.10. The number of likely N-dealkylation sites (tertiary alicyclic amines) is 1. The first kappa shape index (κ1) is 13.7. The van der Waals surface area contributed by atoms with Gasteiger partial charge in [0.25, 0.3) is 0 Å². The molecule has 21 heavy (non-hydrogen) atoms. The maximum Gasteiger partial charge on any atom is 0.410 e. The Morgan fingerprint density at radius 2 is 2.19 bits per heavy atom. The molecule has 1 fully saturated rings. The molecule has 110 valence electrons. The number of benzene rings is 1. The number of carbonyl (C=O) groups is 1. The average molecular weight is 285 g/mol. The Labute approximate surface area is 123 Å². The van der Waals surface area contributed by atoms with E-state index < -0.39 is 0 Å². The van der Waals surface area contributed by atoms with E-state index in [1.165, 1.54) is 0 Å². The lowest BCUT2D eigenvalue weighted by atomic mass is 9.95. The molecule has 0 saturated carbocycles. The quantitative estimate of drug-likeness (QED) is 0.943. The van der Waals surface area contributed by atoms with Crippen molar-refractivity contribution >= 4 is 6.09 Å². The number of piperidine rings is 1. The fourth-order valence-corrected chi connectivity index (χ4v) is 2.70. The molecule has 1 atom stereocenters. The van der Waals surface area contributed by atoms with Crippen molar-refractivity contribution in [3.05, 3.63) is 53.9 Å².